The maximum absolute atomic E-state index is 13.6. The molecule has 2 fully saturated rings. The van der Waals surface area contributed by atoms with E-state index < -0.39 is 25.9 Å². The molecule has 0 bridgehead atoms. The minimum atomic E-state index is -3.92. The molecular weight excluding hydrogens is 388 g/mol. The van der Waals surface area contributed by atoms with E-state index in [-0.39, 0.29) is 29.0 Å². The summed E-state index contributed by atoms with van der Waals surface area (Å²) in [4.78, 5) is 4.38. The predicted octanol–water partition coefficient (Wildman–Crippen LogP) is 1.59. The topological polar surface area (TPSA) is 93.6 Å². The molecule has 27 heavy (non-hydrogen) atoms. The van der Waals surface area contributed by atoms with Gasteiger partial charge in [0.1, 0.15) is 4.90 Å². The molecule has 0 N–H and O–H groups in total. The number of ether oxygens (including phenoxy) is 1. The number of hydrogen-bond acceptors (Lipinski definition) is 6. The average Bonchev–Trinajstić information content (AvgIpc) is 3.28. The van der Waals surface area contributed by atoms with Crippen LogP contribution >= 0.6 is 0 Å². The fourth-order valence-electron chi connectivity index (χ4n) is 3.85. The lowest BCUT2D eigenvalue weighted by Crippen LogP contribution is -2.45. The maximum atomic E-state index is 13.6. The Bertz CT molecular complexity index is 1040. The summed E-state index contributed by atoms with van der Waals surface area (Å²) in [7, 11) is -7.14. The van der Waals surface area contributed by atoms with Crippen molar-refractivity contribution >= 4 is 30.8 Å². The highest BCUT2D eigenvalue weighted by atomic mass is 32.2. The summed E-state index contributed by atoms with van der Waals surface area (Å²) in [6.45, 7) is 0.781. The molecule has 1 aromatic heterocycles. The molecule has 2 aliphatic rings. The molecule has 0 saturated carbocycles. The summed E-state index contributed by atoms with van der Waals surface area (Å²) in [6, 6.07) is 8.04. The van der Waals surface area contributed by atoms with Crippen LogP contribution in [-0.2, 0) is 24.6 Å². The number of aromatic nitrogens is 1. The van der Waals surface area contributed by atoms with E-state index in [1.807, 2.05) is 12.1 Å². The quantitative estimate of drug-likeness (QED) is 0.743. The normalized spacial score (nSPS) is 25.4. The average molecular weight is 411 g/mol. The fraction of sp³-hybridized carbons (Fsp3) is 0.500. The van der Waals surface area contributed by atoms with Crippen molar-refractivity contribution in [2.24, 2.45) is 0 Å². The van der Waals surface area contributed by atoms with Crippen molar-refractivity contribution in [2.45, 2.75) is 36.3 Å². The van der Waals surface area contributed by atoms with Gasteiger partial charge in [0, 0.05) is 30.8 Å². The lowest BCUT2D eigenvalue weighted by molar-refractivity contribution is 0.0877. The molecule has 4 rings (SSSR count). The van der Waals surface area contributed by atoms with Gasteiger partial charge in [-0.2, -0.15) is 4.31 Å². The standard InChI is InChI=1S/C18H22N2O5S2/c21-26(22)11-8-15(13-26)20(12-16-6-3-10-25-16)27(23,24)17-7-1-4-14-5-2-9-19-18(14)17/h1-2,4-5,7,9,15-16H,3,6,8,10-13H2/t15-,16+/m1/s1. The van der Waals surface area contributed by atoms with Crippen molar-refractivity contribution in [2.75, 3.05) is 24.7 Å². The molecule has 2 atom stereocenters. The lowest BCUT2D eigenvalue weighted by Gasteiger charge is -2.29. The second-order valence-electron chi connectivity index (χ2n) is 7.10. The minimum absolute atomic E-state index is 0.0169. The molecule has 0 spiro atoms. The second kappa shape index (κ2) is 7.12. The Labute approximate surface area is 159 Å². The van der Waals surface area contributed by atoms with Crippen molar-refractivity contribution in [3.63, 3.8) is 0 Å². The van der Waals surface area contributed by atoms with Crippen LogP contribution in [0.3, 0.4) is 0 Å². The highest BCUT2D eigenvalue weighted by Gasteiger charge is 2.41. The summed E-state index contributed by atoms with van der Waals surface area (Å²) < 4.78 is 58.1. The molecule has 0 aliphatic carbocycles. The smallest absolute Gasteiger partial charge is 0.245 e. The van der Waals surface area contributed by atoms with Crippen LogP contribution in [0.15, 0.2) is 41.4 Å². The zero-order chi connectivity index (χ0) is 19.1. The van der Waals surface area contributed by atoms with Crippen LogP contribution in [0.4, 0.5) is 0 Å². The molecule has 1 aromatic carbocycles. The van der Waals surface area contributed by atoms with Gasteiger partial charge in [0.15, 0.2) is 9.84 Å². The van der Waals surface area contributed by atoms with Gasteiger partial charge in [0.05, 0.1) is 23.1 Å². The number of pyridine rings is 1. The minimum Gasteiger partial charge on any atom is -0.377 e. The molecule has 7 nitrogen and oxygen atoms in total. The number of rotatable bonds is 5. The van der Waals surface area contributed by atoms with Crippen LogP contribution in [0.1, 0.15) is 19.3 Å². The van der Waals surface area contributed by atoms with Gasteiger partial charge in [-0.3, -0.25) is 4.98 Å². The van der Waals surface area contributed by atoms with E-state index in [9.17, 15) is 16.8 Å². The highest BCUT2D eigenvalue weighted by molar-refractivity contribution is 7.92. The van der Waals surface area contributed by atoms with E-state index in [4.69, 9.17) is 4.74 Å². The first-order chi connectivity index (χ1) is 12.9. The first kappa shape index (κ1) is 18.8. The molecule has 0 radical (unpaired) electrons. The third-order valence-corrected chi connectivity index (χ3v) is 8.91. The van der Waals surface area contributed by atoms with Crippen LogP contribution in [0.2, 0.25) is 0 Å². The van der Waals surface area contributed by atoms with E-state index in [2.05, 4.69) is 4.98 Å². The molecule has 0 unspecified atom stereocenters. The molecule has 2 aliphatic heterocycles. The van der Waals surface area contributed by atoms with Crippen molar-refractivity contribution < 1.29 is 21.6 Å². The molecule has 0 amide bonds. The molecule has 3 heterocycles. The zero-order valence-corrected chi connectivity index (χ0v) is 16.5. The summed E-state index contributed by atoms with van der Waals surface area (Å²) in [5.41, 5.74) is 0.401. The van der Waals surface area contributed by atoms with Crippen molar-refractivity contribution in [3.8, 4) is 0 Å². The number of fused-ring (bicyclic) bond motifs is 1. The molecule has 9 heteroatoms. The second-order valence-corrected chi connectivity index (χ2v) is 11.2. The Morgan fingerprint density at radius 3 is 2.70 bits per heavy atom. The summed E-state index contributed by atoms with van der Waals surface area (Å²) in [5, 5.41) is 0.731. The predicted molar refractivity (Wildman–Crippen MR) is 102 cm³/mol. The van der Waals surface area contributed by atoms with Crippen LogP contribution in [0, 0.1) is 0 Å². The van der Waals surface area contributed by atoms with E-state index >= 15 is 0 Å². The van der Waals surface area contributed by atoms with E-state index in [1.165, 1.54) is 10.4 Å². The van der Waals surface area contributed by atoms with E-state index in [0.717, 1.165) is 18.2 Å². The summed E-state index contributed by atoms with van der Waals surface area (Å²) >= 11 is 0. The third-order valence-electron chi connectivity index (χ3n) is 5.21. The van der Waals surface area contributed by atoms with Crippen molar-refractivity contribution in [1.82, 2.24) is 9.29 Å². The Morgan fingerprint density at radius 1 is 1.19 bits per heavy atom. The summed E-state index contributed by atoms with van der Waals surface area (Å²) in [6.07, 6.45) is 3.33. The Balaban J connectivity index is 1.77. The molecular formula is C18H22N2O5S2. The highest BCUT2D eigenvalue weighted by Crippen LogP contribution is 2.30. The van der Waals surface area contributed by atoms with Gasteiger partial charge in [-0.1, -0.05) is 18.2 Å². The largest absolute Gasteiger partial charge is 0.377 e. The zero-order valence-electron chi connectivity index (χ0n) is 14.8. The van der Waals surface area contributed by atoms with Gasteiger partial charge >= 0.3 is 0 Å². The van der Waals surface area contributed by atoms with Gasteiger partial charge in [-0.25, -0.2) is 16.8 Å². The van der Waals surface area contributed by atoms with Crippen molar-refractivity contribution in [3.05, 3.63) is 36.5 Å². The van der Waals surface area contributed by atoms with Gasteiger partial charge in [-0.15, -0.1) is 0 Å². The number of nitrogens with zero attached hydrogens (tertiary/aromatic N) is 2. The number of sulfonamides is 1. The van der Waals surface area contributed by atoms with Crippen LogP contribution < -0.4 is 0 Å². The fourth-order valence-corrected chi connectivity index (χ4v) is 7.52. The van der Waals surface area contributed by atoms with Gasteiger partial charge in [-0.05, 0) is 31.4 Å². The maximum Gasteiger partial charge on any atom is 0.245 e. The molecule has 2 saturated heterocycles. The monoisotopic (exact) mass is 410 g/mol. The number of hydrogen-bond donors (Lipinski definition) is 0. The van der Waals surface area contributed by atoms with Gasteiger partial charge < -0.3 is 4.74 Å². The molecule has 146 valence electrons. The van der Waals surface area contributed by atoms with Crippen molar-refractivity contribution in [1.29, 1.82) is 0 Å². The number of benzene rings is 1. The van der Waals surface area contributed by atoms with Crippen LogP contribution in [0.25, 0.3) is 10.9 Å². The molecule has 2 aromatic rings. The van der Waals surface area contributed by atoms with E-state index in [1.54, 1.807) is 18.3 Å². The SMILES string of the molecule is O=S1(=O)CC[C@@H](N(C[C@@H]2CCCO2)S(=O)(=O)c2cccc3cccnc23)C1. The Morgan fingerprint density at radius 2 is 2.00 bits per heavy atom. The van der Waals surface area contributed by atoms with Gasteiger partial charge in [0.25, 0.3) is 0 Å². The van der Waals surface area contributed by atoms with E-state index in [0.29, 0.717) is 18.5 Å². The first-order valence-electron chi connectivity index (χ1n) is 9.04. The first-order valence-corrected chi connectivity index (χ1v) is 12.3. The Hall–Kier alpha value is -1.55. The lowest BCUT2D eigenvalue weighted by atomic mass is 10.2. The number of para-hydroxylation sites is 1. The number of sulfone groups is 1. The van der Waals surface area contributed by atoms with Gasteiger partial charge in [0.2, 0.25) is 10.0 Å². The van der Waals surface area contributed by atoms with Crippen LogP contribution in [0.5, 0.6) is 0 Å². The van der Waals surface area contributed by atoms with Crippen LogP contribution in [-0.4, -0.2) is 62.9 Å². The summed E-state index contributed by atoms with van der Waals surface area (Å²) in [5.74, 6) is -0.125. The third kappa shape index (κ3) is 3.73. The Kier molecular flexibility index (Phi) is 4.96.